The number of pyridine rings is 1. The van der Waals surface area contributed by atoms with E-state index in [4.69, 9.17) is 4.52 Å². The predicted molar refractivity (Wildman–Crippen MR) is 106 cm³/mol. The number of carbonyl (C=O) groups is 1. The maximum Gasteiger partial charge on any atom is 0.406 e. The number of amides is 1. The largest absolute Gasteiger partial charge is 0.406 e. The summed E-state index contributed by atoms with van der Waals surface area (Å²) in [4.78, 5) is 23.0. The normalized spacial score (nSPS) is 11.8. The standard InChI is InChI=1S/C21H18F3N5O2/c1-13-18-15(10-16(26-19(18)31-27-13)14-6-4-3-5-7-14)20(30)28(2)11-17-25-8-9-29(17)12-21(22,23)24/h3-10H,11-12H2,1-2H3. The highest BCUT2D eigenvalue weighted by molar-refractivity contribution is 6.06. The van der Waals surface area contributed by atoms with Crippen LogP contribution in [0.4, 0.5) is 13.2 Å². The number of carbonyl (C=O) groups excluding carboxylic acids is 1. The monoisotopic (exact) mass is 429 g/mol. The second kappa shape index (κ2) is 7.86. The molecule has 0 fully saturated rings. The molecule has 4 rings (SSSR count). The van der Waals surface area contributed by atoms with Crippen LogP contribution in [-0.4, -0.2) is 43.7 Å². The van der Waals surface area contributed by atoms with E-state index in [1.807, 2.05) is 30.3 Å². The Labute approximate surface area is 175 Å². The quantitative estimate of drug-likeness (QED) is 0.475. The van der Waals surface area contributed by atoms with Gasteiger partial charge in [0.15, 0.2) is 0 Å². The fourth-order valence-corrected chi connectivity index (χ4v) is 3.34. The molecule has 3 aromatic heterocycles. The Morgan fingerprint density at radius 1 is 1.23 bits per heavy atom. The van der Waals surface area contributed by atoms with E-state index in [9.17, 15) is 18.0 Å². The maximum atomic E-state index is 13.3. The van der Waals surface area contributed by atoms with Crippen molar-refractivity contribution < 1.29 is 22.5 Å². The molecule has 0 unspecified atom stereocenters. The number of hydrogen-bond acceptors (Lipinski definition) is 5. The average molecular weight is 429 g/mol. The van der Waals surface area contributed by atoms with Crippen molar-refractivity contribution in [3.05, 3.63) is 65.9 Å². The van der Waals surface area contributed by atoms with Crippen molar-refractivity contribution >= 4 is 17.0 Å². The highest BCUT2D eigenvalue weighted by Gasteiger charge is 2.29. The van der Waals surface area contributed by atoms with Gasteiger partial charge in [-0.05, 0) is 13.0 Å². The zero-order chi connectivity index (χ0) is 22.2. The van der Waals surface area contributed by atoms with Crippen LogP contribution in [0.25, 0.3) is 22.4 Å². The topological polar surface area (TPSA) is 77.1 Å². The van der Waals surface area contributed by atoms with E-state index < -0.39 is 18.6 Å². The minimum atomic E-state index is -4.39. The molecule has 160 valence electrons. The van der Waals surface area contributed by atoms with Gasteiger partial charge in [-0.25, -0.2) is 9.97 Å². The van der Waals surface area contributed by atoms with Crippen LogP contribution in [0.2, 0.25) is 0 Å². The summed E-state index contributed by atoms with van der Waals surface area (Å²) >= 11 is 0. The molecule has 4 aromatic rings. The highest BCUT2D eigenvalue weighted by Crippen LogP contribution is 2.28. The lowest BCUT2D eigenvalue weighted by Crippen LogP contribution is -2.29. The number of fused-ring (bicyclic) bond motifs is 1. The summed E-state index contributed by atoms with van der Waals surface area (Å²) in [7, 11) is 1.51. The third kappa shape index (κ3) is 4.27. The van der Waals surface area contributed by atoms with Crippen LogP contribution in [-0.2, 0) is 13.1 Å². The molecule has 0 N–H and O–H groups in total. The van der Waals surface area contributed by atoms with Crippen molar-refractivity contribution in [3.8, 4) is 11.3 Å². The van der Waals surface area contributed by atoms with Gasteiger partial charge in [-0.3, -0.25) is 4.79 Å². The minimum absolute atomic E-state index is 0.100. The van der Waals surface area contributed by atoms with Crippen molar-refractivity contribution in [1.29, 1.82) is 0 Å². The van der Waals surface area contributed by atoms with Crippen LogP contribution in [0.3, 0.4) is 0 Å². The van der Waals surface area contributed by atoms with Gasteiger partial charge in [0.1, 0.15) is 12.4 Å². The molecule has 0 saturated carbocycles. The van der Waals surface area contributed by atoms with Crippen LogP contribution < -0.4 is 0 Å². The van der Waals surface area contributed by atoms with Crippen LogP contribution in [0.1, 0.15) is 21.9 Å². The van der Waals surface area contributed by atoms with Gasteiger partial charge in [-0.2, -0.15) is 13.2 Å². The molecule has 0 aliphatic heterocycles. The first-order valence-electron chi connectivity index (χ1n) is 9.37. The molecule has 10 heteroatoms. The van der Waals surface area contributed by atoms with E-state index in [1.54, 1.807) is 13.0 Å². The van der Waals surface area contributed by atoms with Gasteiger partial charge in [0, 0.05) is 25.0 Å². The number of aromatic nitrogens is 4. The molecular formula is C21H18F3N5O2. The highest BCUT2D eigenvalue weighted by atomic mass is 19.4. The molecule has 31 heavy (non-hydrogen) atoms. The van der Waals surface area contributed by atoms with Crippen molar-refractivity contribution in [3.63, 3.8) is 0 Å². The lowest BCUT2D eigenvalue weighted by molar-refractivity contribution is -0.141. The Morgan fingerprint density at radius 2 is 1.97 bits per heavy atom. The molecule has 1 aromatic carbocycles. The zero-order valence-electron chi connectivity index (χ0n) is 16.7. The summed E-state index contributed by atoms with van der Waals surface area (Å²) < 4.78 is 44.7. The Hall–Kier alpha value is -3.69. The molecule has 0 spiro atoms. The Balaban J connectivity index is 1.69. The molecule has 0 aliphatic carbocycles. The summed E-state index contributed by atoms with van der Waals surface area (Å²) in [6.07, 6.45) is -1.87. The number of alkyl halides is 3. The van der Waals surface area contributed by atoms with E-state index in [2.05, 4.69) is 15.1 Å². The van der Waals surface area contributed by atoms with Gasteiger partial charge in [-0.15, -0.1) is 0 Å². The lowest BCUT2D eigenvalue weighted by atomic mass is 10.0. The van der Waals surface area contributed by atoms with Crippen molar-refractivity contribution in [1.82, 2.24) is 24.6 Å². The van der Waals surface area contributed by atoms with Gasteiger partial charge >= 0.3 is 6.18 Å². The van der Waals surface area contributed by atoms with Gasteiger partial charge in [0.05, 0.1) is 28.9 Å². The smallest absolute Gasteiger partial charge is 0.335 e. The summed E-state index contributed by atoms with van der Waals surface area (Å²) in [6, 6.07) is 10.9. The summed E-state index contributed by atoms with van der Waals surface area (Å²) in [5.74, 6) is -0.277. The number of nitrogens with zero attached hydrogens (tertiary/aromatic N) is 5. The van der Waals surface area contributed by atoms with Crippen LogP contribution in [0.15, 0.2) is 53.3 Å². The summed E-state index contributed by atoms with van der Waals surface area (Å²) in [5.41, 5.74) is 2.33. The molecule has 0 saturated heterocycles. The average Bonchev–Trinajstić information content (AvgIpc) is 3.32. The zero-order valence-corrected chi connectivity index (χ0v) is 16.7. The molecule has 1 amide bonds. The molecular weight excluding hydrogens is 411 g/mol. The van der Waals surface area contributed by atoms with Crippen LogP contribution in [0.5, 0.6) is 0 Å². The van der Waals surface area contributed by atoms with E-state index >= 15 is 0 Å². The first-order chi connectivity index (χ1) is 14.7. The first kappa shape index (κ1) is 20.6. The van der Waals surface area contributed by atoms with E-state index in [-0.39, 0.29) is 18.1 Å². The molecule has 0 bridgehead atoms. The molecule has 0 atom stereocenters. The fraction of sp³-hybridized carbons (Fsp3) is 0.238. The third-order valence-corrected chi connectivity index (χ3v) is 4.79. The van der Waals surface area contributed by atoms with Crippen molar-refractivity contribution in [2.75, 3.05) is 7.05 Å². The predicted octanol–water partition coefficient (Wildman–Crippen LogP) is 4.23. The second-order valence-electron chi connectivity index (χ2n) is 7.12. The fourth-order valence-electron chi connectivity index (χ4n) is 3.34. The van der Waals surface area contributed by atoms with Gasteiger partial charge in [0.2, 0.25) is 0 Å². The van der Waals surface area contributed by atoms with Gasteiger partial charge < -0.3 is 14.0 Å². The molecule has 0 aliphatic rings. The lowest BCUT2D eigenvalue weighted by Gasteiger charge is -2.19. The maximum absolute atomic E-state index is 13.3. The minimum Gasteiger partial charge on any atom is -0.335 e. The second-order valence-corrected chi connectivity index (χ2v) is 7.12. The van der Waals surface area contributed by atoms with E-state index in [0.717, 1.165) is 10.1 Å². The SMILES string of the molecule is Cc1noc2nc(-c3ccccc3)cc(C(=O)N(C)Cc3nccn3CC(F)(F)F)c12. The Kier molecular flexibility index (Phi) is 5.22. The van der Waals surface area contributed by atoms with Gasteiger partial charge in [0.25, 0.3) is 11.6 Å². The Morgan fingerprint density at radius 3 is 2.68 bits per heavy atom. The van der Waals surface area contributed by atoms with E-state index in [1.165, 1.54) is 24.3 Å². The number of benzene rings is 1. The molecule has 7 nitrogen and oxygen atoms in total. The van der Waals surface area contributed by atoms with Gasteiger partial charge in [-0.1, -0.05) is 35.5 Å². The van der Waals surface area contributed by atoms with Crippen molar-refractivity contribution in [2.24, 2.45) is 0 Å². The number of aryl methyl sites for hydroxylation is 1. The Bertz CT molecular complexity index is 1230. The number of hydrogen-bond donors (Lipinski definition) is 0. The molecule has 3 heterocycles. The third-order valence-electron chi connectivity index (χ3n) is 4.79. The number of rotatable bonds is 5. The first-order valence-corrected chi connectivity index (χ1v) is 9.37. The number of imidazole rings is 1. The number of halogens is 3. The van der Waals surface area contributed by atoms with Crippen LogP contribution >= 0.6 is 0 Å². The summed E-state index contributed by atoms with van der Waals surface area (Å²) in [5, 5.41) is 4.38. The summed E-state index contributed by atoms with van der Waals surface area (Å²) in [6.45, 7) is 0.423. The molecule has 0 radical (unpaired) electrons. The van der Waals surface area contributed by atoms with Crippen molar-refractivity contribution in [2.45, 2.75) is 26.2 Å². The van der Waals surface area contributed by atoms with Crippen LogP contribution in [0, 0.1) is 6.92 Å². The van der Waals surface area contributed by atoms with E-state index in [0.29, 0.717) is 22.3 Å².